The number of methoxy groups -OCH3 is 1. The highest BCUT2D eigenvalue weighted by Gasteiger charge is 2.24. The van der Waals surface area contributed by atoms with Crippen molar-refractivity contribution in [1.82, 2.24) is 9.97 Å². The van der Waals surface area contributed by atoms with E-state index in [1.165, 1.54) is 12.3 Å². The molecule has 8 nitrogen and oxygen atoms in total. The molecule has 1 atom stereocenters. The molecule has 2 heterocycles. The molecule has 1 saturated heterocycles. The second-order valence-electron chi connectivity index (χ2n) is 8.20. The summed E-state index contributed by atoms with van der Waals surface area (Å²) < 4.78 is 5.61. The summed E-state index contributed by atoms with van der Waals surface area (Å²) in [6, 6.07) is 13.4. The average molecular weight is 494 g/mol. The maximum atomic E-state index is 11.9. The number of aliphatic hydroxyl groups is 1. The van der Waals surface area contributed by atoms with Crippen LogP contribution >= 0.6 is 11.6 Å². The molecule has 0 spiro atoms. The molecule has 0 aliphatic carbocycles. The first-order chi connectivity index (χ1) is 17.0. The Morgan fingerprint density at radius 2 is 2.11 bits per heavy atom. The summed E-state index contributed by atoms with van der Waals surface area (Å²) in [7, 11) is 1.61. The van der Waals surface area contributed by atoms with Crippen LogP contribution in [0.4, 0.5) is 28.8 Å². The van der Waals surface area contributed by atoms with Gasteiger partial charge in [0, 0.05) is 30.4 Å². The third kappa shape index (κ3) is 5.72. The van der Waals surface area contributed by atoms with Crippen LogP contribution in [0.2, 0.25) is 5.02 Å². The van der Waals surface area contributed by atoms with E-state index in [-0.39, 0.29) is 24.9 Å². The minimum atomic E-state index is -0.0785. The van der Waals surface area contributed by atoms with Crippen LogP contribution in [-0.2, 0) is 11.2 Å². The average Bonchev–Trinajstić information content (AvgIpc) is 3.36. The number of allylic oxidation sites excluding steroid dienone is 1. The van der Waals surface area contributed by atoms with Crippen LogP contribution in [0.5, 0.6) is 5.75 Å². The van der Waals surface area contributed by atoms with E-state index in [1.54, 1.807) is 7.11 Å². The molecule has 0 unspecified atom stereocenters. The summed E-state index contributed by atoms with van der Waals surface area (Å²) in [6.07, 6.45) is 5.06. The molecule has 35 heavy (non-hydrogen) atoms. The molecule has 2 aromatic carbocycles. The third-order valence-corrected chi connectivity index (χ3v) is 6.23. The lowest BCUT2D eigenvalue weighted by atomic mass is 10.1. The van der Waals surface area contributed by atoms with Crippen molar-refractivity contribution < 1.29 is 14.6 Å². The number of hydrogen-bond acceptors (Lipinski definition) is 8. The number of benzene rings is 2. The number of nitrogens with zero attached hydrogens (tertiary/aromatic N) is 3. The predicted molar refractivity (Wildman–Crippen MR) is 139 cm³/mol. The minimum absolute atomic E-state index is 0.0785. The van der Waals surface area contributed by atoms with E-state index < -0.39 is 0 Å². The minimum Gasteiger partial charge on any atom is -0.494 e. The highest BCUT2D eigenvalue weighted by atomic mass is 35.5. The van der Waals surface area contributed by atoms with E-state index in [0.29, 0.717) is 28.2 Å². The number of para-hydroxylation sites is 1. The van der Waals surface area contributed by atoms with Gasteiger partial charge in [0.05, 0.1) is 31.6 Å². The lowest BCUT2D eigenvalue weighted by Crippen LogP contribution is -2.31. The molecule has 1 aromatic heterocycles. The van der Waals surface area contributed by atoms with Crippen LogP contribution < -0.4 is 20.3 Å². The molecule has 1 aliphatic rings. The molecule has 0 bridgehead atoms. The van der Waals surface area contributed by atoms with Crippen molar-refractivity contribution in [2.45, 2.75) is 25.3 Å². The van der Waals surface area contributed by atoms with Crippen molar-refractivity contribution in [2.75, 3.05) is 35.8 Å². The van der Waals surface area contributed by atoms with Crippen LogP contribution in [0.15, 0.2) is 61.3 Å². The van der Waals surface area contributed by atoms with Crippen molar-refractivity contribution in [2.24, 2.45) is 0 Å². The molecule has 0 amide bonds. The Bertz CT molecular complexity index is 1220. The molecule has 0 radical (unpaired) electrons. The molecule has 3 N–H and O–H groups in total. The fraction of sp³-hybridized carbons (Fsp3) is 0.269. The smallest absolute Gasteiger partial charge is 0.229 e. The Morgan fingerprint density at radius 1 is 1.29 bits per heavy atom. The van der Waals surface area contributed by atoms with E-state index in [1.807, 2.05) is 42.5 Å². The summed E-state index contributed by atoms with van der Waals surface area (Å²) >= 11 is 6.36. The largest absolute Gasteiger partial charge is 0.494 e. The second-order valence-corrected chi connectivity index (χ2v) is 8.61. The number of anilines is 5. The Kier molecular flexibility index (Phi) is 7.84. The first-order valence-electron chi connectivity index (χ1n) is 11.4. The van der Waals surface area contributed by atoms with Gasteiger partial charge in [-0.3, -0.25) is 4.79 Å². The molecule has 0 saturated carbocycles. The normalized spacial score (nSPS) is 15.1. The van der Waals surface area contributed by atoms with Crippen LogP contribution in [0.3, 0.4) is 0 Å². The summed E-state index contributed by atoms with van der Waals surface area (Å²) in [5.41, 5.74) is 3.22. The van der Waals surface area contributed by atoms with Gasteiger partial charge in [0.1, 0.15) is 10.8 Å². The van der Waals surface area contributed by atoms with Gasteiger partial charge in [-0.05, 0) is 42.7 Å². The third-order valence-electron chi connectivity index (χ3n) is 5.96. The number of aliphatic hydroxyl groups excluding tert-OH is 1. The zero-order valence-corrected chi connectivity index (χ0v) is 20.3. The van der Waals surface area contributed by atoms with Gasteiger partial charge in [0.2, 0.25) is 5.95 Å². The van der Waals surface area contributed by atoms with Gasteiger partial charge in [-0.25, -0.2) is 4.98 Å². The van der Waals surface area contributed by atoms with Crippen molar-refractivity contribution in [3.63, 3.8) is 0 Å². The Labute approximate surface area is 209 Å². The Hall–Kier alpha value is -3.62. The van der Waals surface area contributed by atoms with E-state index in [4.69, 9.17) is 16.3 Å². The summed E-state index contributed by atoms with van der Waals surface area (Å²) in [5.74, 6) is 1.29. The van der Waals surface area contributed by atoms with Crippen LogP contribution in [0, 0.1) is 0 Å². The second kappa shape index (κ2) is 11.2. The number of rotatable bonds is 10. The molecule has 4 rings (SSSR count). The van der Waals surface area contributed by atoms with Gasteiger partial charge < -0.3 is 25.4 Å². The van der Waals surface area contributed by atoms with Gasteiger partial charge in [0.15, 0.2) is 11.6 Å². The van der Waals surface area contributed by atoms with E-state index in [2.05, 4.69) is 32.1 Å². The quantitative estimate of drug-likeness (QED) is 0.343. The van der Waals surface area contributed by atoms with Gasteiger partial charge in [-0.15, -0.1) is 0 Å². The summed E-state index contributed by atoms with van der Waals surface area (Å²) in [4.78, 5) is 22.9. The van der Waals surface area contributed by atoms with E-state index in [9.17, 15) is 9.90 Å². The number of hydrogen-bond donors (Lipinski definition) is 3. The number of aromatic nitrogens is 2. The number of carbonyl (C=O) groups is 1. The lowest BCUT2D eigenvalue weighted by molar-refractivity contribution is -0.114. The number of halogens is 1. The summed E-state index contributed by atoms with van der Waals surface area (Å²) in [5, 5.41) is 16.4. The Balaban J connectivity index is 1.56. The fourth-order valence-electron chi connectivity index (χ4n) is 4.15. The number of carbonyl (C=O) groups excluding carboxylic acids is 1. The molecule has 3 aromatic rings. The lowest BCUT2D eigenvalue weighted by Gasteiger charge is -2.26. The van der Waals surface area contributed by atoms with Crippen LogP contribution in [0.25, 0.3) is 0 Å². The standard InChI is InChI=1S/C26H28ClN5O3/c1-3-20(34)13-17-7-4-5-9-22(17)29-25-21(27)15-28-26(31-25)30-23-11-10-18(14-24(23)35-2)32-12-6-8-19(32)16-33/h3-5,7,9-11,14-15,19,33H,1,6,8,12-13,16H2,2H3,(H2,28,29,30,31)/t19-/m1/s1. The highest BCUT2D eigenvalue weighted by Crippen LogP contribution is 2.35. The molecular weight excluding hydrogens is 466 g/mol. The zero-order chi connectivity index (χ0) is 24.8. The fourth-order valence-corrected chi connectivity index (χ4v) is 4.28. The van der Waals surface area contributed by atoms with Gasteiger partial charge in [-0.2, -0.15) is 4.98 Å². The van der Waals surface area contributed by atoms with Crippen molar-refractivity contribution in [3.8, 4) is 5.75 Å². The van der Waals surface area contributed by atoms with Crippen molar-refractivity contribution in [3.05, 3.63) is 71.9 Å². The SMILES string of the molecule is C=CC(=O)Cc1ccccc1Nc1nc(Nc2ccc(N3CCC[C@@H]3CO)cc2OC)ncc1Cl. The first kappa shape index (κ1) is 24.5. The number of ether oxygens (including phenoxy) is 1. The highest BCUT2D eigenvalue weighted by molar-refractivity contribution is 6.32. The van der Waals surface area contributed by atoms with Crippen LogP contribution in [-0.4, -0.2) is 47.2 Å². The topological polar surface area (TPSA) is 99.6 Å². The number of nitrogens with one attached hydrogen (secondary N) is 2. The molecular formula is C26H28ClN5O3. The maximum Gasteiger partial charge on any atom is 0.229 e. The van der Waals surface area contributed by atoms with E-state index in [0.717, 1.165) is 36.3 Å². The molecule has 182 valence electrons. The van der Waals surface area contributed by atoms with E-state index >= 15 is 0 Å². The maximum absolute atomic E-state index is 11.9. The van der Waals surface area contributed by atoms with Gasteiger partial charge in [-0.1, -0.05) is 36.4 Å². The molecule has 1 fully saturated rings. The predicted octanol–water partition coefficient (Wildman–Crippen LogP) is 4.88. The van der Waals surface area contributed by atoms with Crippen molar-refractivity contribution >= 4 is 46.2 Å². The zero-order valence-electron chi connectivity index (χ0n) is 19.5. The molecule has 9 heteroatoms. The first-order valence-corrected chi connectivity index (χ1v) is 11.8. The summed E-state index contributed by atoms with van der Waals surface area (Å²) in [6.45, 7) is 4.57. The van der Waals surface area contributed by atoms with Gasteiger partial charge in [0.25, 0.3) is 0 Å². The number of ketones is 1. The van der Waals surface area contributed by atoms with Crippen molar-refractivity contribution in [1.29, 1.82) is 0 Å². The van der Waals surface area contributed by atoms with Gasteiger partial charge >= 0.3 is 0 Å². The Morgan fingerprint density at radius 3 is 2.89 bits per heavy atom. The van der Waals surface area contributed by atoms with Crippen LogP contribution in [0.1, 0.15) is 18.4 Å². The molecule has 1 aliphatic heterocycles. The monoisotopic (exact) mass is 493 g/mol.